The number of carbonyl (C=O) groups excluding carboxylic acids is 3. The molecule has 0 aliphatic rings. The summed E-state index contributed by atoms with van der Waals surface area (Å²) < 4.78 is 5.09. The number of benzene rings is 1. The molecule has 1 atom stereocenters. The summed E-state index contributed by atoms with van der Waals surface area (Å²) in [6.07, 6.45) is -1.17. The van der Waals surface area contributed by atoms with Crippen molar-refractivity contribution in [2.24, 2.45) is 5.73 Å². The molecule has 0 saturated heterocycles. The van der Waals surface area contributed by atoms with E-state index < -0.39 is 29.6 Å². The highest BCUT2D eigenvalue weighted by molar-refractivity contribution is 6.31. The zero-order valence-corrected chi connectivity index (χ0v) is 14.9. The van der Waals surface area contributed by atoms with Crippen LogP contribution in [0.25, 0.3) is 0 Å². The molecule has 24 heavy (non-hydrogen) atoms. The number of halogens is 1. The van der Waals surface area contributed by atoms with Gasteiger partial charge in [0.25, 0.3) is 0 Å². The summed E-state index contributed by atoms with van der Waals surface area (Å²) >= 11 is 5.91. The van der Waals surface area contributed by atoms with E-state index in [-0.39, 0.29) is 6.42 Å². The molecule has 1 rings (SSSR count). The lowest BCUT2D eigenvalue weighted by molar-refractivity contribution is -0.124. The Hall–Kier alpha value is -2.28. The molecule has 7 nitrogen and oxygen atoms in total. The Morgan fingerprint density at radius 3 is 2.46 bits per heavy atom. The monoisotopic (exact) mass is 355 g/mol. The molecule has 0 spiro atoms. The van der Waals surface area contributed by atoms with Crippen molar-refractivity contribution in [2.45, 2.75) is 45.8 Å². The number of ether oxygens (including phenoxy) is 1. The average molecular weight is 356 g/mol. The minimum atomic E-state index is -1.16. The predicted octanol–water partition coefficient (Wildman–Crippen LogP) is 2.36. The summed E-state index contributed by atoms with van der Waals surface area (Å²) in [4.78, 5) is 35.4. The SMILES string of the molecule is Cc1ccc(Cl)cc1NC(=O)C(CC(N)=O)NC(=O)OC(C)(C)C. The Bertz CT molecular complexity index is 641. The van der Waals surface area contributed by atoms with Crippen LogP contribution in [0.4, 0.5) is 10.5 Å². The quantitative estimate of drug-likeness (QED) is 0.752. The summed E-state index contributed by atoms with van der Waals surface area (Å²) in [5.74, 6) is -1.32. The number of aryl methyl sites for hydroxylation is 1. The number of anilines is 1. The van der Waals surface area contributed by atoms with Gasteiger partial charge in [-0.15, -0.1) is 0 Å². The van der Waals surface area contributed by atoms with Gasteiger partial charge in [-0.1, -0.05) is 17.7 Å². The lowest BCUT2D eigenvalue weighted by Gasteiger charge is -2.23. The number of primary amides is 1. The minimum absolute atomic E-state index is 0.356. The molecule has 0 bridgehead atoms. The molecule has 0 fully saturated rings. The van der Waals surface area contributed by atoms with Crippen molar-refractivity contribution >= 4 is 35.2 Å². The van der Waals surface area contributed by atoms with Gasteiger partial charge in [0.1, 0.15) is 11.6 Å². The van der Waals surface area contributed by atoms with Crippen LogP contribution in [0.5, 0.6) is 0 Å². The number of carbonyl (C=O) groups is 3. The van der Waals surface area contributed by atoms with Crippen molar-refractivity contribution < 1.29 is 19.1 Å². The van der Waals surface area contributed by atoms with Crippen molar-refractivity contribution in [2.75, 3.05) is 5.32 Å². The highest BCUT2D eigenvalue weighted by Gasteiger charge is 2.26. The fraction of sp³-hybridized carbons (Fsp3) is 0.438. The summed E-state index contributed by atoms with van der Waals surface area (Å²) in [6, 6.07) is 3.84. The molecular weight excluding hydrogens is 334 g/mol. The van der Waals surface area contributed by atoms with E-state index in [9.17, 15) is 14.4 Å². The summed E-state index contributed by atoms with van der Waals surface area (Å²) in [5.41, 5.74) is 5.67. The molecule has 1 aromatic rings. The third-order valence-corrected chi connectivity index (χ3v) is 3.11. The highest BCUT2D eigenvalue weighted by atomic mass is 35.5. The first-order chi connectivity index (χ1) is 11.0. The van der Waals surface area contributed by atoms with Crippen LogP contribution in [0.1, 0.15) is 32.8 Å². The Kier molecular flexibility index (Phi) is 6.60. The first kappa shape index (κ1) is 19.8. The number of nitrogens with one attached hydrogen (secondary N) is 2. The standard InChI is InChI=1S/C16H22ClN3O4/c1-9-5-6-10(17)7-11(9)19-14(22)12(8-13(18)21)20-15(23)24-16(2,3)4/h5-7,12H,8H2,1-4H3,(H2,18,21)(H,19,22)(H,20,23). The first-order valence-electron chi connectivity index (χ1n) is 7.33. The molecule has 0 aliphatic heterocycles. The molecule has 132 valence electrons. The van der Waals surface area contributed by atoms with Gasteiger partial charge in [-0.3, -0.25) is 9.59 Å². The molecule has 0 aromatic heterocycles. The second-order valence-electron chi connectivity index (χ2n) is 6.32. The van der Waals surface area contributed by atoms with Crippen molar-refractivity contribution in [1.82, 2.24) is 5.32 Å². The van der Waals surface area contributed by atoms with Gasteiger partial charge in [0, 0.05) is 10.7 Å². The normalized spacial score (nSPS) is 12.2. The van der Waals surface area contributed by atoms with Gasteiger partial charge in [0.15, 0.2) is 0 Å². The maximum Gasteiger partial charge on any atom is 0.408 e. The van der Waals surface area contributed by atoms with Gasteiger partial charge in [-0.2, -0.15) is 0 Å². The zero-order valence-electron chi connectivity index (χ0n) is 14.1. The molecule has 1 aromatic carbocycles. The van der Waals surface area contributed by atoms with Crippen LogP contribution >= 0.6 is 11.6 Å². The van der Waals surface area contributed by atoms with E-state index in [1.165, 1.54) is 0 Å². The molecule has 4 N–H and O–H groups in total. The van der Waals surface area contributed by atoms with Crippen LogP contribution in [0.15, 0.2) is 18.2 Å². The van der Waals surface area contributed by atoms with Gasteiger partial charge in [0.05, 0.1) is 6.42 Å². The maximum absolute atomic E-state index is 12.4. The second kappa shape index (κ2) is 8.01. The zero-order chi connectivity index (χ0) is 18.5. The topological polar surface area (TPSA) is 111 Å². The van der Waals surface area contributed by atoms with E-state index in [4.69, 9.17) is 22.1 Å². The van der Waals surface area contributed by atoms with Gasteiger partial charge in [-0.25, -0.2) is 4.79 Å². The Morgan fingerprint density at radius 2 is 1.92 bits per heavy atom. The number of nitrogens with two attached hydrogens (primary N) is 1. The second-order valence-corrected chi connectivity index (χ2v) is 6.75. The van der Waals surface area contributed by atoms with Crippen LogP contribution in [0, 0.1) is 6.92 Å². The average Bonchev–Trinajstić information content (AvgIpc) is 2.39. The highest BCUT2D eigenvalue weighted by Crippen LogP contribution is 2.20. The van der Waals surface area contributed by atoms with E-state index in [0.29, 0.717) is 10.7 Å². The minimum Gasteiger partial charge on any atom is -0.444 e. The summed E-state index contributed by atoms with van der Waals surface area (Å²) in [6.45, 7) is 6.84. The third-order valence-electron chi connectivity index (χ3n) is 2.87. The molecule has 0 aliphatic carbocycles. The molecular formula is C16H22ClN3O4. The Labute approximate surface area is 145 Å². The van der Waals surface area contributed by atoms with Crippen LogP contribution in [0.3, 0.4) is 0 Å². The van der Waals surface area contributed by atoms with Crippen molar-refractivity contribution in [1.29, 1.82) is 0 Å². The Morgan fingerprint density at radius 1 is 1.29 bits per heavy atom. The lowest BCUT2D eigenvalue weighted by atomic mass is 10.1. The van der Waals surface area contributed by atoms with E-state index >= 15 is 0 Å². The Balaban J connectivity index is 2.87. The number of alkyl carbamates (subject to hydrolysis) is 1. The van der Waals surface area contributed by atoms with Gasteiger partial charge >= 0.3 is 6.09 Å². The molecule has 0 heterocycles. The number of hydrogen-bond acceptors (Lipinski definition) is 4. The molecule has 3 amide bonds. The fourth-order valence-corrected chi connectivity index (χ4v) is 1.98. The smallest absolute Gasteiger partial charge is 0.408 e. The molecule has 0 saturated carbocycles. The number of rotatable bonds is 5. The summed E-state index contributed by atoms with van der Waals surface area (Å²) in [7, 11) is 0. The fourth-order valence-electron chi connectivity index (χ4n) is 1.81. The summed E-state index contributed by atoms with van der Waals surface area (Å²) in [5, 5.41) is 5.42. The largest absolute Gasteiger partial charge is 0.444 e. The van der Waals surface area contributed by atoms with E-state index in [1.807, 2.05) is 0 Å². The van der Waals surface area contributed by atoms with Crippen LogP contribution in [-0.4, -0.2) is 29.6 Å². The maximum atomic E-state index is 12.4. The lowest BCUT2D eigenvalue weighted by Crippen LogP contribution is -2.47. The van der Waals surface area contributed by atoms with E-state index in [1.54, 1.807) is 45.9 Å². The van der Waals surface area contributed by atoms with Crippen LogP contribution in [-0.2, 0) is 14.3 Å². The third kappa shape index (κ3) is 6.87. The first-order valence-corrected chi connectivity index (χ1v) is 7.70. The van der Waals surface area contributed by atoms with Crippen molar-refractivity contribution in [3.63, 3.8) is 0 Å². The predicted molar refractivity (Wildman–Crippen MR) is 91.8 cm³/mol. The van der Waals surface area contributed by atoms with Crippen molar-refractivity contribution in [3.8, 4) is 0 Å². The van der Waals surface area contributed by atoms with Crippen molar-refractivity contribution in [3.05, 3.63) is 28.8 Å². The molecule has 0 radical (unpaired) electrons. The van der Waals surface area contributed by atoms with Gasteiger partial charge in [-0.05, 0) is 45.4 Å². The van der Waals surface area contributed by atoms with E-state index in [2.05, 4.69) is 10.6 Å². The molecule has 8 heteroatoms. The molecule has 1 unspecified atom stereocenters. The van der Waals surface area contributed by atoms with Gasteiger partial charge in [0.2, 0.25) is 11.8 Å². The van der Waals surface area contributed by atoms with E-state index in [0.717, 1.165) is 5.56 Å². The van der Waals surface area contributed by atoms with Crippen LogP contribution < -0.4 is 16.4 Å². The number of hydrogen-bond donors (Lipinski definition) is 3. The van der Waals surface area contributed by atoms with Crippen LogP contribution in [0.2, 0.25) is 5.02 Å². The number of amides is 3. The van der Waals surface area contributed by atoms with Gasteiger partial charge < -0.3 is 21.1 Å².